The fourth-order valence-electron chi connectivity index (χ4n) is 5.76. The second-order valence-corrected chi connectivity index (χ2v) is 15.6. The number of hydrogen-bond acceptors (Lipinski definition) is 8. The summed E-state index contributed by atoms with van der Waals surface area (Å²) < 4.78 is 22.9. The molecule has 2 aliphatic rings. The van der Waals surface area contributed by atoms with Crippen LogP contribution in [-0.2, 0) is 33.3 Å². The SMILES string of the molecule is CC[C@@H](C)C[C@H]1O[C@@H](CCOC(=O)C(C)(C)C)[C@H](C=O)[C@H]1C.CC[C@@H](C)C[C@H]1O[C@@H](CCOC(=O)C(C)(C)C)[C@H](CO)[C@H]1C. The molecular weight excluding hydrogens is 560 g/mol. The molecule has 8 nitrogen and oxygen atoms in total. The van der Waals surface area contributed by atoms with Crippen molar-refractivity contribution >= 4 is 18.2 Å². The molecule has 258 valence electrons. The molecule has 8 heteroatoms. The summed E-state index contributed by atoms with van der Waals surface area (Å²) in [7, 11) is 0. The zero-order valence-electron chi connectivity index (χ0n) is 30.0. The number of aliphatic hydroxyl groups excluding tert-OH is 1. The second kappa shape index (κ2) is 18.6. The predicted octanol–water partition coefficient (Wildman–Crippen LogP) is 7.03. The highest BCUT2D eigenvalue weighted by atomic mass is 16.5. The lowest BCUT2D eigenvalue weighted by Crippen LogP contribution is -2.27. The van der Waals surface area contributed by atoms with E-state index in [2.05, 4.69) is 41.5 Å². The first-order valence-electron chi connectivity index (χ1n) is 17.1. The van der Waals surface area contributed by atoms with E-state index in [1.54, 1.807) is 0 Å². The molecule has 0 spiro atoms. The summed E-state index contributed by atoms with van der Waals surface area (Å²) in [4.78, 5) is 35.0. The molecule has 2 heterocycles. The molecule has 0 amide bonds. The van der Waals surface area contributed by atoms with E-state index in [4.69, 9.17) is 18.9 Å². The van der Waals surface area contributed by atoms with Crippen molar-refractivity contribution in [3.05, 3.63) is 0 Å². The topological polar surface area (TPSA) is 108 Å². The van der Waals surface area contributed by atoms with Gasteiger partial charge in [-0.1, -0.05) is 54.4 Å². The third-order valence-electron chi connectivity index (χ3n) is 9.59. The lowest BCUT2D eigenvalue weighted by atomic mass is 9.85. The average molecular weight is 627 g/mol. The normalized spacial score (nSPS) is 30.2. The van der Waals surface area contributed by atoms with Crippen LogP contribution >= 0.6 is 0 Å². The third-order valence-corrected chi connectivity index (χ3v) is 9.59. The van der Waals surface area contributed by atoms with Crippen molar-refractivity contribution < 1.29 is 38.4 Å². The van der Waals surface area contributed by atoms with Gasteiger partial charge in [-0.25, -0.2) is 0 Å². The number of carbonyl (C=O) groups excluding carboxylic acids is 3. The monoisotopic (exact) mass is 626 g/mol. The molecule has 2 aliphatic heterocycles. The van der Waals surface area contributed by atoms with E-state index in [1.165, 1.54) is 0 Å². The van der Waals surface area contributed by atoms with Gasteiger partial charge in [0.05, 0.1) is 48.5 Å². The Hall–Kier alpha value is -1.51. The molecule has 0 saturated carbocycles. The molecule has 44 heavy (non-hydrogen) atoms. The first-order chi connectivity index (χ1) is 20.4. The highest BCUT2D eigenvalue weighted by molar-refractivity contribution is 5.75. The summed E-state index contributed by atoms with van der Waals surface area (Å²) in [6.45, 7) is 24.9. The van der Waals surface area contributed by atoms with Crippen molar-refractivity contribution in [2.75, 3.05) is 19.8 Å². The van der Waals surface area contributed by atoms with Gasteiger partial charge < -0.3 is 28.8 Å². The number of aldehydes is 1. The Kier molecular flexibility index (Phi) is 17.1. The molecule has 0 unspecified atom stereocenters. The molecule has 0 aliphatic carbocycles. The van der Waals surface area contributed by atoms with E-state index in [0.717, 1.165) is 32.0 Å². The summed E-state index contributed by atoms with van der Waals surface area (Å²) >= 11 is 0. The maximum Gasteiger partial charge on any atom is 0.311 e. The van der Waals surface area contributed by atoms with E-state index >= 15 is 0 Å². The van der Waals surface area contributed by atoms with Gasteiger partial charge in [-0.05, 0) is 78.1 Å². The van der Waals surface area contributed by atoms with Gasteiger partial charge in [-0.2, -0.15) is 0 Å². The molecule has 10 atom stereocenters. The van der Waals surface area contributed by atoms with E-state index in [9.17, 15) is 19.5 Å². The lowest BCUT2D eigenvalue weighted by Gasteiger charge is -2.20. The Morgan fingerprint density at radius 3 is 1.55 bits per heavy atom. The largest absolute Gasteiger partial charge is 0.465 e. The minimum absolute atomic E-state index is 0.0122. The zero-order chi connectivity index (χ0) is 33.8. The summed E-state index contributed by atoms with van der Waals surface area (Å²) in [6.07, 6.45) is 6.74. The minimum Gasteiger partial charge on any atom is -0.465 e. The lowest BCUT2D eigenvalue weighted by molar-refractivity contribution is -0.154. The standard InChI is InChI=1S/C18H34O4.C18H32O4/c2*1-7-12(2)10-16-13(3)14(11-19)15(22-16)8-9-21-17(20)18(4,5)6/h12-16,19H,7-11H2,1-6H3;11-16H,7-10H2,1-6H3/t2*12-,13-,14-,15+,16-/m11/s1. The molecule has 0 aromatic heterocycles. The van der Waals surface area contributed by atoms with Gasteiger partial charge in [0, 0.05) is 31.3 Å². The number of hydrogen-bond donors (Lipinski definition) is 1. The fraction of sp³-hybridized carbons (Fsp3) is 0.917. The molecule has 0 radical (unpaired) electrons. The highest BCUT2D eigenvalue weighted by Crippen LogP contribution is 2.38. The Morgan fingerprint density at radius 1 is 0.750 bits per heavy atom. The summed E-state index contributed by atoms with van der Waals surface area (Å²) in [5, 5.41) is 9.67. The molecular formula is C36H66O8. The summed E-state index contributed by atoms with van der Waals surface area (Å²) in [5.41, 5.74) is -0.966. The second-order valence-electron chi connectivity index (χ2n) is 15.6. The van der Waals surface area contributed by atoms with Crippen LogP contribution in [0.1, 0.15) is 122 Å². The molecule has 2 saturated heterocycles. The quantitative estimate of drug-likeness (QED) is 0.162. The molecule has 1 N–H and O–H groups in total. The van der Waals surface area contributed by atoms with E-state index in [0.29, 0.717) is 43.8 Å². The van der Waals surface area contributed by atoms with Crippen molar-refractivity contribution in [2.24, 2.45) is 46.3 Å². The Balaban J connectivity index is 0.000000440. The molecule has 2 fully saturated rings. The van der Waals surface area contributed by atoms with Crippen molar-refractivity contribution in [3.63, 3.8) is 0 Å². The third kappa shape index (κ3) is 12.7. The molecule has 0 aromatic rings. The maximum atomic E-state index is 11.8. The van der Waals surface area contributed by atoms with Gasteiger partial charge in [0.2, 0.25) is 0 Å². The van der Waals surface area contributed by atoms with E-state index in [1.807, 2.05) is 41.5 Å². The van der Waals surface area contributed by atoms with Crippen molar-refractivity contribution in [1.29, 1.82) is 0 Å². The molecule has 2 rings (SSSR count). The smallest absolute Gasteiger partial charge is 0.311 e. The van der Waals surface area contributed by atoms with Crippen LogP contribution in [0.15, 0.2) is 0 Å². The van der Waals surface area contributed by atoms with Crippen LogP contribution < -0.4 is 0 Å². The van der Waals surface area contributed by atoms with Crippen molar-refractivity contribution in [2.45, 2.75) is 146 Å². The number of esters is 2. The number of ether oxygens (including phenoxy) is 4. The van der Waals surface area contributed by atoms with Gasteiger partial charge in [0.15, 0.2) is 0 Å². The first kappa shape index (κ1) is 40.5. The van der Waals surface area contributed by atoms with Crippen LogP contribution in [0.2, 0.25) is 0 Å². The van der Waals surface area contributed by atoms with Gasteiger partial charge in [0.25, 0.3) is 0 Å². The Morgan fingerprint density at radius 2 is 1.16 bits per heavy atom. The Bertz CT molecular complexity index is 859. The highest BCUT2D eigenvalue weighted by Gasteiger charge is 2.42. The first-order valence-corrected chi connectivity index (χ1v) is 17.1. The van der Waals surface area contributed by atoms with E-state index < -0.39 is 10.8 Å². The average Bonchev–Trinajstić information content (AvgIpc) is 3.41. The van der Waals surface area contributed by atoms with Crippen LogP contribution in [0.25, 0.3) is 0 Å². The summed E-state index contributed by atoms with van der Waals surface area (Å²) in [6, 6.07) is 0. The van der Waals surface area contributed by atoms with E-state index in [-0.39, 0.29) is 60.7 Å². The number of carbonyl (C=O) groups is 3. The van der Waals surface area contributed by atoms with Gasteiger partial charge >= 0.3 is 11.9 Å². The van der Waals surface area contributed by atoms with Crippen LogP contribution in [0.4, 0.5) is 0 Å². The minimum atomic E-state index is -0.493. The van der Waals surface area contributed by atoms with Crippen LogP contribution in [0, 0.1) is 46.3 Å². The zero-order valence-corrected chi connectivity index (χ0v) is 30.0. The van der Waals surface area contributed by atoms with Crippen LogP contribution in [-0.4, -0.2) is 67.6 Å². The maximum absolute atomic E-state index is 11.8. The van der Waals surface area contributed by atoms with Gasteiger partial charge in [-0.3, -0.25) is 9.59 Å². The fourth-order valence-corrected chi connectivity index (χ4v) is 5.76. The number of aliphatic hydroxyl groups is 1. The Labute approximate surface area is 268 Å². The number of rotatable bonds is 14. The van der Waals surface area contributed by atoms with Crippen LogP contribution in [0.5, 0.6) is 0 Å². The van der Waals surface area contributed by atoms with Gasteiger partial charge in [-0.15, -0.1) is 0 Å². The van der Waals surface area contributed by atoms with Gasteiger partial charge in [0.1, 0.15) is 6.29 Å². The van der Waals surface area contributed by atoms with Crippen molar-refractivity contribution in [1.82, 2.24) is 0 Å². The van der Waals surface area contributed by atoms with Crippen molar-refractivity contribution in [3.8, 4) is 0 Å². The van der Waals surface area contributed by atoms with Crippen LogP contribution in [0.3, 0.4) is 0 Å². The predicted molar refractivity (Wildman–Crippen MR) is 174 cm³/mol. The molecule has 0 bridgehead atoms. The summed E-state index contributed by atoms with van der Waals surface area (Å²) in [5.74, 6) is 1.45. The molecule has 0 aromatic carbocycles.